The lowest BCUT2D eigenvalue weighted by atomic mass is 9.44. The molecule has 0 radical (unpaired) electrons. The Labute approximate surface area is 532 Å². The molecule has 8 fully saturated rings. The van der Waals surface area contributed by atoms with E-state index in [4.69, 9.17) is 32.7 Å². The van der Waals surface area contributed by atoms with E-state index in [1.807, 2.05) is 13.8 Å². The van der Waals surface area contributed by atoms with E-state index in [9.17, 15) is 65.2 Å². The molecule has 10 rings (SSSR count). The number of ether oxygens (including phenoxy) is 5. The molecule has 0 spiro atoms. The van der Waals surface area contributed by atoms with Crippen LogP contribution in [0.25, 0.3) is 0 Å². The zero-order chi connectivity index (χ0) is 65.7. The van der Waals surface area contributed by atoms with Crippen molar-refractivity contribution in [2.75, 3.05) is 52.3 Å². The molecule has 29 heteroatoms. The number of Topliss-reactive ketones (excluding diaryl/α,β-unsaturated/α-hetero) is 2. The molecule has 91 heavy (non-hydrogen) atoms. The average molecular weight is 1370 g/mol. The third-order valence-corrected chi connectivity index (χ3v) is 25.4. The van der Waals surface area contributed by atoms with Crippen molar-refractivity contribution >= 4 is 48.4 Å². The second kappa shape index (κ2) is 26.9. The number of halogens is 5. The Bertz CT molecular complexity index is 3080. The van der Waals surface area contributed by atoms with Gasteiger partial charge in [0.1, 0.15) is 19.6 Å². The van der Waals surface area contributed by atoms with Gasteiger partial charge in [-0.15, -0.1) is 0 Å². The summed E-state index contributed by atoms with van der Waals surface area (Å²) >= 11 is 0. The number of aliphatic hydroxyl groups excluding tert-OH is 3. The van der Waals surface area contributed by atoms with Crippen molar-refractivity contribution < 1.29 is 120 Å². The van der Waals surface area contributed by atoms with Crippen LogP contribution in [0.3, 0.4) is 0 Å². The van der Waals surface area contributed by atoms with Crippen LogP contribution in [0, 0.1) is 45.3 Å². The first kappa shape index (κ1) is 78.9. The first-order chi connectivity index (χ1) is 40.6. The van der Waals surface area contributed by atoms with Crippen molar-refractivity contribution in [2.45, 2.75) is 221 Å². The molecule has 2 heterocycles. The van der Waals surface area contributed by atoms with Gasteiger partial charge in [0.05, 0.1) is 50.8 Å². The van der Waals surface area contributed by atoms with Crippen molar-refractivity contribution in [3.05, 3.63) is 47.6 Å². The molecular weight excluding hydrogens is 1270 g/mol. The predicted molar refractivity (Wildman–Crippen MR) is 324 cm³/mol. The number of hydrogen-bond acceptors (Lipinski definition) is 21. The van der Waals surface area contributed by atoms with Crippen LogP contribution in [0.5, 0.6) is 0 Å². The van der Waals surface area contributed by atoms with E-state index < -0.39 is 160 Å². The Morgan fingerprint density at radius 3 is 1.34 bits per heavy atom. The Kier molecular flexibility index (Phi) is 23.3. The molecule has 10 aliphatic rings. The summed E-state index contributed by atoms with van der Waals surface area (Å²) in [6.45, 7) is 19.4. The highest BCUT2D eigenvalue weighted by Gasteiger charge is 2.82. The Hall–Kier alpha value is -2.82. The van der Waals surface area contributed by atoms with Crippen molar-refractivity contribution in [1.82, 2.24) is 0 Å². The summed E-state index contributed by atoms with van der Waals surface area (Å²) in [5, 5.41) is 32.8. The standard InChI is InChI=1S/C29H42FO9P.C24H31FO6.C6H12F3O6PS.3CH4/c1-7-36-40(34,37-8-2)17-35-16-23(33)29-24(38-25(3,4)39-29)14-21-20-10-9-18-13-19(31)11-12-26(18,5)28(20,30)22(32)15-27(21,29)6;1-20(2)30-19-10-16-15-6-5-13-9-14(27)7-8-21(13,3)23(15,25)17(28)11-22(16,4)24(19,31-20)18(29)12-26;1-3-13-16(10,14-4-2)5-15-17(11,12)6(7,8)9;;;/h11-13,20-22,24,32H,7-10,14-17H2,1-6H3;7-9,15-17,19,26,28H,5-6,10-12H2,1-4H3;3-5H2,1-2H3;3*1H4/t20-,21-,22-,24+,26-,27-,28-,29+;15-,16-,17-,19+,21-,22-,23-,24+;;;;/m00..../s1. The van der Waals surface area contributed by atoms with E-state index in [1.54, 1.807) is 67.5 Å². The van der Waals surface area contributed by atoms with Crippen LogP contribution in [-0.2, 0) is 84.4 Å². The summed E-state index contributed by atoms with van der Waals surface area (Å²) < 4.78 is 170. The number of hydrogen-bond donors (Lipinski definition) is 3. The second-order valence-corrected chi connectivity index (χ2v) is 31.8. The number of carbonyl (C=O) groups is 4. The molecule has 6 saturated carbocycles. The number of carbonyl (C=O) groups excluding carboxylic acids is 4. The molecule has 8 aliphatic carbocycles. The molecule has 522 valence electrons. The topological polar surface area (TPSA) is 290 Å². The summed E-state index contributed by atoms with van der Waals surface area (Å²) in [4.78, 5) is 51.3. The van der Waals surface area contributed by atoms with Crippen LogP contribution in [0.1, 0.15) is 157 Å². The minimum Gasteiger partial charge on any atom is -0.390 e. The Balaban J connectivity index is 0.000000263. The fraction of sp³-hybridized carbons (Fsp3) is 0.806. The van der Waals surface area contributed by atoms with E-state index in [0.29, 0.717) is 44.1 Å². The van der Waals surface area contributed by atoms with Gasteiger partial charge in [0.2, 0.25) is 0 Å². The summed E-state index contributed by atoms with van der Waals surface area (Å²) in [6.07, 6.45) is 5.99. The van der Waals surface area contributed by atoms with Gasteiger partial charge in [0.15, 0.2) is 63.6 Å². The largest absolute Gasteiger partial charge is 0.523 e. The lowest BCUT2D eigenvalue weighted by molar-refractivity contribution is -0.246. The van der Waals surface area contributed by atoms with Crippen molar-refractivity contribution in [3.63, 3.8) is 0 Å². The van der Waals surface area contributed by atoms with Crippen LogP contribution in [0.2, 0.25) is 0 Å². The predicted octanol–water partition coefficient (Wildman–Crippen LogP) is 11.1. The highest BCUT2D eigenvalue weighted by molar-refractivity contribution is 7.87. The number of fused-ring (bicyclic) bond motifs is 14. The molecule has 0 unspecified atom stereocenters. The molecule has 0 aromatic rings. The van der Waals surface area contributed by atoms with Crippen LogP contribution >= 0.6 is 15.2 Å². The van der Waals surface area contributed by atoms with Crippen LogP contribution < -0.4 is 0 Å². The van der Waals surface area contributed by atoms with Gasteiger partial charge in [-0.2, -0.15) is 21.6 Å². The van der Waals surface area contributed by atoms with Crippen LogP contribution in [0.4, 0.5) is 22.0 Å². The van der Waals surface area contributed by atoms with Gasteiger partial charge < -0.3 is 57.1 Å². The van der Waals surface area contributed by atoms with Gasteiger partial charge in [0, 0.05) is 33.5 Å². The van der Waals surface area contributed by atoms with E-state index in [1.165, 1.54) is 38.2 Å². The van der Waals surface area contributed by atoms with Gasteiger partial charge in [-0.05, 0) is 157 Å². The van der Waals surface area contributed by atoms with Gasteiger partial charge in [-0.3, -0.25) is 32.5 Å². The van der Waals surface area contributed by atoms with Crippen LogP contribution in [0.15, 0.2) is 47.6 Å². The Morgan fingerprint density at radius 1 is 0.626 bits per heavy atom. The summed E-state index contributed by atoms with van der Waals surface area (Å²) in [7, 11) is -13.3. The molecule has 16 atom stereocenters. The monoisotopic (exact) mass is 1370 g/mol. The maximum atomic E-state index is 17.5. The van der Waals surface area contributed by atoms with Crippen molar-refractivity contribution in [2.24, 2.45) is 45.3 Å². The number of allylic oxidation sites excluding steroid dienone is 8. The molecule has 2 saturated heterocycles. The third kappa shape index (κ3) is 12.6. The summed E-state index contributed by atoms with van der Waals surface area (Å²) in [5.41, 5.74) is -15.2. The molecule has 0 aromatic heterocycles. The summed E-state index contributed by atoms with van der Waals surface area (Å²) in [6, 6.07) is 0. The highest BCUT2D eigenvalue weighted by Crippen LogP contribution is 2.74. The van der Waals surface area contributed by atoms with E-state index in [0.717, 1.165) is 5.57 Å². The fourth-order valence-corrected chi connectivity index (χ4v) is 20.8. The van der Waals surface area contributed by atoms with E-state index in [2.05, 4.69) is 13.2 Å². The lowest BCUT2D eigenvalue weighted by Gasteiger charge is -2.62. The van der Waals surface area contributed by atoms with Crippen molar-refractivity contribution in [1.29, 1.82) is 0 Å². The van der Waals surface area contributed by atoms with Crippen molar-refractivity contribution in [3.8, 4) is 0 Å². The van der Waals surface area contributed by atoms with E-state index >= 15 is 8.78 Å². The normalized spacial score (nSPS) is 39.5. The number of aliphatic hydroxyl groups is 3. The summed E-state index contributed by atoms with van der Waals surface area (Å²) in [5.74, 6) is -5.06. The zero-order valence-electron chi connectivity index (χ0n) is 51.8. The first-order valence-electron chi connectivity index (χ1n) is 29.9. The molecule has 21 nitrogen and oxygen atoms in total. The van der Waals surface area contributed by atoms with Gasteiger partial charge in [-0.25, -0.2) is 8.78 Å². The molecular formula is C62H97F5O21P2S. The Morgan fingerprint density at radius 2 is 0.989 bits per heavy atom. The third-order valence-electron chi connectivity index (χ3n) is 20.7. The number of rotatable bonds is 18. The first-order valence-corrected chi connectivity index (χ1v) is 34.8. The number of alkyl halides is 5. The molecule has 2 aliphatic heterocycles. The zero-order valence-corrected chi connectivity index (χ0v) is 54.4. The number of ketones is 4. The fourth-order valence-electron chi connectivity index (χ4n) is 17.3. The maximum absolute atomic E-state index is 17.5. The lowest BCUT2D eigenvalue weighted by Crippen LogP contribution is -2.70. The minimum absolute atomic E-state index is 0. The molecule has 3 N–H and O–H groups in total. The maximum Gasteiger partial charge on any atom is 0.523 e. The SMILES string of the molecule is C.C.C.CC1(C)O[C@@H]2C[C@H]3[C@@H]4CCC5=CC(=O)C=C[C@]5(C)[C@@]4(F)[C@@H](O)C[C@]3(C)[C@]2(C(=O)CO)O1.CCOP(=O)(COCC(=O)[C@@]12OC(C)(C)O[C@@H]1C[C@H]1[C@@H]3CCC4=CC(=O)C=C[C@]4(C)[C@@]3(F)[C@@H](O)C[C@@]12C)OCC.CCOP(=O)(COS(=O)(=O)C(F)(F)F)OCC. The van der Waals surface area contributed by atoms with Crippen LogP contribution in [-0.4, -0.2) is 163 Å². The average Bonchev–Trinajstić information content (AvgIpc) is 1.58. The smallest absolute Gasteiger partial charge is 0.390 e. The van der Waals surface area contributed by atoms with Gasteiger partial charge in [0.25, 0.3) is 0 Å². The molecule has 0 aromatic carbocycles. The minimum atomic E-state index is -5.80. The van der Waals surface area contributed by atoms with Gasteiger partial charge in [-0.1, -0.05) is 59.4 Å². The molecule has 0 amide bonds. The quantitative estimate of drug-likeness (QED) is 0.0497. The van der Waals surface area contributed by atoms with E-state index in [-0.39, 0.29) is 85.0 Å². The highest BCUT2D eigenvalue weighted by atomic mass is 32.2. The second-order valence-electron chi connectivity index (χ2n) is 26.2. The molecule has 0 bridgehead atoms. The van der Waals surface area contributed by atoms with Gasteiger partial charge >= 0.3 is 30.8 Å².